The normalized spacial score (nSPS) is 18.1. The number of esters is 1. The second-order valence-corrected chi connectivity index (χ2v) is 4.30. The van der Waals surface area contributed by atoms with Crippen LogP contribution in [0.5, 0.6) is 0 Å². The predicted molar refractivity (Wildman–Crippen MR) is 59.6 cm³/mol. The van der Waals surface area contributed by atoms with Crippen LogP contribution in [0.25, 0.3) is 0 Å². The number of nitrogens with one attached hydrogen (secondary N) is 1. The van der Waals surface area contributed by atoms with Crippen LogP contribution in [0.3, 0.4) is 0 Å². The van der Waals surface area contributed by atoms with Gasteiger partial charge in [-0.25, -0.2) is 0 Å². The Morgan fingerprint density at radius 3 is 2.56 bits per heavy atom. The maximum Gasteiger partial charge on any atom is 0.305 e. The van der Waals surface area contributed by atoms with Crippen LogP contribution in [0.15, 0.2) is 0 Å². The first-order valence-corrected chi connectivity index (χ1v) is 5.72. The lowest BCUT2D eigenvalue weighted by molar-refractivity contribution is -0.140. The number of nitrogens with two attached hydrogens (primary N) is 1. The number of hydrogen-bond donors (Lipinski definition) is 2. The van der Waals surface area contributed by atoms with Crippen LogP contribution in [-0.2, 0) is 14.3 Å². The van der Waals surface area contributed by atoms with Crippen molar-refractivity contribution in [3.63, 3.8) is 0 Å². The first kappa shape index (κ1) is 13.0. The van der Waals surface area contributed by atoms with Gasteiger partial charge < -0.3 is 15.8 Å². The highest BCUT2D eigenvalue weighted by Gasteiger charge is 2.36. The van der Waals surface area contributed by atoms with Gasteiger partial charge in [0, 0.05) is 13.0 Å². The molecule has 0 aromatic heterocycles. The lowest BCUT2D eigenvalue weighted by Crippen LogP contribution is -2.52. The van der Waals surface area contributed by atoms with Gasteiger partial charge in [-0.2, -0.15) is 0 Å². The van der Waals surface area contributed by atoms with Crippen molar-refractivity contribution in [1.29, 1.82) is 0 Å². The van der Waals surface area contributed by atoms with Crippen LogP contribution in [0.1, 0.15) is 38.5 Å². The number of rotatable bonds is 5. The molecule has 0 aromatic rings. The van der Waals surface area contributed by atoms with E-state index in [2.05, 4.69) is 10.1 Å². The van der Waals surface area contributed by atoms with Gasteiger partial charge in [0.2, 0.25) is 5.91 Å². The first-order valence-electron chi connectivity index (χ1n) is 5.72. The molecule has 5 nitrogen and oxygen atoms in total. The molecule has 1 aliphatic rings. The lowest BCUT2D eigenvalue weighted by atomic mass is 9.98. The summed E-state index contributed by atoms with van der Waals surface area (Å²) in [4.78, 5) is 22.5. The highest BCUT2D eigenvalue weighted by molar-refractivity contribution is 5.86. The molecule has 0 aromatic carbocycles. The Morgan fingerprint density at radius 2 is 2.00 bits per heavy atom. The molecule has 1 fully saturated rings. The molecule has 1 aliphatic carbocycles. The molecule has 0 atom stereocenters. The topological polar surface area (TPSA) is 81.4 Å². The molecular weight excluding hydrogens is 208 g/mol. The van der Waals surface area contributed by atoms with E-state index in [9.17, 15) is 9.59 Å². The molecule has 1 saturated carbocycles. The number of hydrogen-bond acceptors (Lipinski definition) is 4. The summed E-state index contributed by atoms with van der Waals surface area (Å²) >= 11 is 0. The Kier molecular flexibility index (Phi) is 4.73. The molecule has 0 aliphatic heterocycles. The summed E-state index contributed by atoms with van der Waals surface area (Å²) in [5.74, 6) is -0.340. The van der Waals surface area contributed by atoms with Crippen molar-refractivity contribution in [3.8, 4) is 0 Å². The molecule has 1 amide bonds. The third-order valence-electron chi connectivity index (χ3n) is 3.02. The van der Waals surface area contributed by atoms with Gasteiger partial charge >= 0.3 is 5.97 Å². The van der Waals surface area contributed by atoms with Gasteiger partial charge in [0.05, 0.1) is 12.6 Å². The Bertz CT molecular complexity index is 260. The second kappa shape index (κ2) is 5.84. The zero-order valence-corrected chi connectivity index (χ0v) is 9.75. The van der Waals surface area contributed by atoms with Crippen LogP contribution in [0, 0.1) is 0 Å². The maximum atomic E-state index is 11.7. The Labute approximate surface area is 95.7 Å². The third kappa shape index (κ3) is 3.48. The third-order valence-corrected chi connectivity index (χ3v) is 3.02. The highest BCUT2D eigenvalue weighted by atomic mass is 16.5. The summed E-state index contributed by atoms with van der Waals surface area (Å²) < 4.78 is 4.50. The van der Waals surface area contributed by atoms with Gasteiger partial charge in [-0.15, -0.1) is 0 Å². The van der Waals surface area contributed by atoms with Crippen LogP contribution in [0.2, 0.25) is 0 Å². The van der Waals surface area contributed by atoms with Crippen molar-refractivity contribution in [2.75, 3.05) is 13.7 Å². The lowest BCUT2D eigenvalue weighted by Gasteiger charge is -2.22. The SMILES string of the molecule is COC(=O)CCCNC(=O)C1(N)CCCC1. The molecule has 5 heteroatoms. The minimum Gasteiger partial charge on any atom is -0.469 e. The summed E-state index contributed by atoms with van der Waals surface area (Å²) in [6.07, 6.45) is 4.48. The average Bonchev–Trinajstić information content (AvgIpc) is 2.72. The molecule has 0 heterocycles. The van der Waals surface area contributed by atoms with Gasteiger partial charge in [-0.3, -0.25) is 9.59 Å². The van der Waals surface area contributed by atoms with E-state index in [1.807, 2.05) is 0 Å². The van der Waals surface area contributed by atoms with Crippen molar-refractivity contribution in [2.24, 2.45) is 5.73 Å². The van der Waals surface area contributed by atoms with Gasteiger partial charge in [0.25, 0.3) is 0 Å². The fraction of sp³-hybridized carbons (Fsp3) is 0.818. The van der Waals surface area contributed by atoms with E-state index in [0.29, 0.717) is 19.4 Å². The van der Waals surface area contributed by atoms with Crippen LogP contribution >= 0.6 is 0 Å². The van der Waals surface area contributed by atoms with Crippen molar-refractivity contribution in [3.05, 3.63) is 0 Å². The molecule has 1 rings (SSSR count). The number of carbonyl (C=O) groups is 2. The summed E-state index contributed by atoms with van der Waals surface area (Å²) in [6.45, 7) is 0.479. The zero-order valence-electron chi connectivity index (χ0n) is 9.75. The fourth-order valence-corrected chi connectivity index (χ4v) is 1.95. The summed E-state index contributed by atoms with van der Waals surface area (Å²) in [5, 5.41) is 2.77. The van der Waals surface area contributed by atoms with E-state index in [-0.39, 0.29) is 11.9 Å². The van der Waals surface area contributed by atoms with Crippen LogP contribution < -0.4 is 11.1 Å². The molecule has 0 spiro atoms. The van der Waals surface area contributed by atoms with Gasteiger partial charge in [0.15, 0.2) is 0 Å². The minimum atomic E-state index is -0.675. The Balaban J connectivity index is 2.17. The Morgan fingerprint density at radius 1 is 1.38 bits per heavy atom. The van der Waals surface area contributed by atoms with Gasteiger partial charge in [-0.05, 0) is 19.3 Å². The summed E-state index contributed by atoms with van der Waals surface area (Å²) in [7, 11) is 1.36. The largest absolute Gasteiger partial charge is 0.469 e. The maximum absolute atomic E-state index is 11.7. The molecule has 0 saturated heterocycles. The predicted octanol–water partition coefficient (Wildman–Crippen LogP) is 0.327. The summed E-state index contributed by atoms with van der Waals surface area (Å²) in [6, 6.07) is 0. The van der Waals surface area contributed by atoms with E-state index >= 15 is 0 Å². The van der Waals surface area contributed by atoms with Crippen LogP contribution in [-0.4, -0.2) is 31.1 Å². The molecule has 0 radical (unpaired) electrons. The van der Waals surface area contributed by atoms with E-state index in [0.717, 1.165) is 25.7 Å². The molecule has 0 unspecified atom stereocenters. The highest BCUT2D eigenvalue weighted by Crippen LogP contribution is 2.27. The van der Waals surface area contributed by atoms with E-state index < -0.39 is 5.54 Å². The van der Waals surface area contributed by atoms with E-state index in [1.165, 1.54) is 7.11 Å². The molecule has 3 N–H and O–H groups in total. The molecule has 0 bridgehead atoms. The Hall–Kier alpha value is -1.10. The van der Waals surface area contributed by atoms with Gasteiger partial charge in [0.1, 0.15) is 0 Å². The summed E-state index contributed by atoms with van der Waals surface area (Å²) in [5.41, 5.74) is 5.29. The van der Waals surface area contributed by atoms with Crippen molar-refractivity contribution in [2.45, 2.75) is 44.1 Å². The smallest absolute Gasteiger partial charge is 0.305 e. The molecular formula is C11H20N2O3. The molecule has 16 heavy (non-hydrogen) atoms. The number of methoxy groups -OCH3 is 1. The standard InChI is InChI=1S/C11H20N2O3/c1-16-9(14)5-4-8-13-10(15)11(12)6-2-3-7-11/h2-8,12H2,1H3,(H,13,15). The van der Waals surface area contributed by atoms with Crippen molar-refractivity contribution < 1.29 is 14.3 Å². The minimum absolute atomic E-state index is 0.0881. The van der Waals surface area contributed by atoms with Crippen molar-refractivity contribution >= 4 is 11.9 Å². The number of carbonyl (C=O) groups excluding carboxylic acids is 2. The van der Waals surface area contributed by atoms with Crippen LogP contribution in [0.4, 0.5) is 0 Å². The monoisotopic (exact) mass is 228 g/mol. The molecule has 92 valence electrons. The van der Waals surface area contributed by atoms with E-state index in [1.54, 1.807) is 0 Å². The van der Waals surface area contributed by atoms with E-state index in [4.69, 9.17) is 5.73 Å². The number of amides is 1. The number of ether oxygens (including phenoxy) is 1. The van der Waals surface area contributed by atoms with Gasteiger partial charge in [-0.1, -0.05) is 12.8 Å². The second-order valence-electron chi connectivity index (χ2n) is 4.30. The fourth-order valence-electron chi connectivity index (χ4n) is 1.95. The zero-order chi connectivity index (χ0) is 12.0. The quantitative estimate of drug-likeness (QED) is 0.524. The van der Waals surface area contributed by atoms with Crippen molar-refractivity contribution in [1.82, 2.24) is 5.32 Å². The first-order chi connectivity index (χ1) is 7.58. The average molecular weight is 228 g/mol.